The number of sulfonamides is 1. The highest BCUT2D eigenvalue weighted by Crippen LogP contribution is 2.43. The molecule has 186 valence electrons. The maximum absolute atomic E-state index is 12.0. The highest BCUT2D eigenvalue weighted by atomic mass is 32.2. The fourth-order valence-electron chi connectivity index (χ4n) is 4.69. The number of amides is 1. The molecule has 4 rings (SSSR count). The van der Waals surface area contributed by atoms with E-state index in [1.54, 1.807) is 6.92 Å². The van der Waals surface area contributed by atoms with E-state index in [9.17, 15) is 18.3 Å². The van der Waals surface area contributed by atoms with Crippen LogP contribution in [0.5, 0.6) is 5.75 Å². The molecule has 1 amide bonds. The number of nitrogens with one attached hydrogen (secondary N) is 2. The lowest BCUT2D eigenvalue weighted by Gasteiger charge is -2.34. The number of ether oxygens (including phenoxy) is 1. The number of hydrogen-bond acceptors (Lipinski definition) is 6. The summed E-state index contributed by atoms with van der Waals surface area (Å²) in [4.78, 5) is 13.3. The number of anilines is 1. The standard InChI is InChI=1S/C23H33N5O5S/c1-3-34(31,32)26-12-13-33-22-19(17-14-25-27(15-17)18-8-10-24-11-9-18)6-7-21-20(22)5-4-16(2)28(21)23(29)30/h6-7,14-16,18,24,26H,3-5,8-13H2,1-2H3,(H,29,30)/t16-/m0/s1. The minimum atomic E-state index is -3.32. The van der Waals surface area contributed by atoms with Crippen LogP contribution in [0.4, 0.5) is 10.5 Å². The molecule has 1 aromatic carbocycles. The van der Waals surface area contributed by atoms with Gasteiger partial charge in [0.1, 0.15) is 12.4 Å². The Morgan fingerprint density at radius 2 is 2.06 bits per heavy atom. The molecule has 3 N–H and O–H groups in total. The Hall–Kier alpha value is -2.63. The molecule has 0 saturated carbocycles. The number of piperidine rings is 1. The largest absolute Gasteiger partial charge is 0.491 e. The lowest BCUT2D eigenvalue weighted by molar-refractivity contribution is 0.198. The zero-order chi connectivity index (χ0) is 24.3. The van der Waals surface area contributed by atoms with Crippen LogP contribution in [0.2, 0.25) is 0 Å². The van der Waals surface area contributed by atoms with Crippen LogP contribution in [-0.4, -0.2) is 67.4 Å². The number of carbonyl (C=O) groups is 1. The molecular weight excluding hydrogens is 458 g/mol. The summed E-state index contributed by atoms with van der Waals surface area (Å²) in [7, 11) is -3.32. The van der Waals surface area contributed by atoms with Crippen molar-refractivity contribution in [3.05, 3.63) is 30.1 Å². The first kappa shape index (κ1) is 24.5. The summed E-state index contributed by atoms with van der Waals surface area (Å²) in [5, 5.41) is 17.8. The number of carboxylic acid groups (broad SMARTS) is 1. The summed E-state index contributed by atoms with van der Waals surface area (Å²) >= 11 is 0. The van der Waals surface area contributed by atoms with Crippen molar-refractivity contribution in [1.82, 2.24) is 19.8 Å². The van der Waals surface area contributed by atoms with Gasteiger partial charge in [-0.05, 0) is 64.8 Å². The van der Waals surface area contributed by atoms with Crippen molar-refractivity contribution >= 4 is 21.8 Å². The summed E-state index contributed by atoms with van der Waals surface area (Å²) in [5.41, 5.74) is 3.17. The van der Waals surface area contributed by atoms with Gasteiger partial charge in [0.2, 0.25) is 10.0 Å². The van der Waals surface area contributed by atoms with Gasteiger partial charge in [0.15, 0.2) is 0 Å². The van der Waals surface area contributed by atoms with Gasteiger partial charge in [0.25, 0.3) is 0 Å². The number of fused-ring (bicyclic) bond motifs is 1. The molecule has 1 aromatic heterocycles. The SMILES string of the molecule is CCS(=O)(=O)NCCOc1c(-c2cnn(C3CCNCC3)c2)ccc2c1CC[C@H](C)N2C(=O)O. The van der Waals surface area contributed by atoms with Crippen molar-refractivity contribution in [2.75, 3.05) is 36.9 Å². The Morgan fingerprint density at radius 3 is 2.76 bits per heavy atom. The molecule has 0 spiro atoms. The normalized spacial score (nSPS) is 19.1. The molecule has 1 fully saturated rings. The average Bonchev–Trinajstić information content (AvgIpc) is 3.32. The predicted molar refractivity (Wildman–Crippen MR) is 130 cm³/mol. The van der Waals surface area contributed by atoms with Crippen LogP contribution in [0.3, 0.4) is 0 Å². The number of nitrogens with zero attached hydrogens (tertiary/aromatic N) is 3. The van der Waals surface area contributed by atoms with Gasteiger partial charge in [0, 0.05) is 35.5 Å². The van der Waals surface area contributed by atoms with Crippen LogP contribution in [0.25, 0.3) is 11.1 Å². The van der Waals surface area contributed by atoms with E-state index < -0.39 is 16.1 Å². The third-order valence-corrected chi connectivity index (χ3v) is 8.00. The second-order valence-corrected chi connectivity index (χ2v) is 10.9. The molecule has 0 aliphatic carbocycles. The van der Waals surface area contributed by atoms with Crippen molar-refractivity contribution in [1.29, 1.82) is 0 Å². The molecule has 2 aliphatic heterocycles. The smallest absolute Gasteiger partial charge is 0.412 e. The predicted octanol–water partition coefficient (Wildman–Crippen LogP) is 2.61. The van der Waals surface area contributed by atoms with Gasteiger partial charge < -0.3 is 15.2 Å². The lowest BCUT2D eigenvalue weighted by Crippen LogP contribution is -2.41. The molecule has 11 heteroatoms. The molecule has 10 nitrogen and oxygen atoms in total. The third-order valence-electron chi connectivity index (χ3n) is 6.60. The average molecular weight is 492 g/mol. The van der Waals surface area contributed by atoms with E-state index in [2.05, 4.69) is 15.1 Å². The second kappa shape index (κ2) is 10.3. The van der Waals surface area contributed by atoms with E-state index >= 15 is 0 Å². The first-order valence-corrected chi connectivity index (χ1v) is 13.5. The third kappa shape index (κ3) is 5.21. The van der Waals surface area contributed by atoms with Gasteiger partial charge in [-0.2, -0.15) is 5.10 Å². The summed E-state index contributed by atoms with van der Waals surface area (Å²) in [5.74, 6) is 0.594. The Kier molecular flexibility index (Phi) is 7.44. The van der Waals surface area contributed by atoms with Crippen molar-refractivity contribution < 1.29 is 23.1 Å². The van der Waals surface area contributed by atoms with Gasteiger partial charge in [-0.25, -0.2) is 17.9 Å². The maximum Gasteiger partial charge on any atom is 0.412 e. The summed E-state index contributed by atoms with van der Waals surface area (Å²) < 4.78 is 34.2. The second-order valence-electron chi connectivity index (χ2n) is 8.82. The van der Waals surface area contributed by atoms with Crippen LogP contribution in [0.1, 0.15) is 44.7 Å². The van der Waals surface area contributed by atoms with Crippen LogP contribution in [0.15, 0.2) is 24.5 Å². The van der Waals surface area contributed by atoms with Crippen molar-refractivity contribution in [2.45, 2.75) is 51.6 Å². The van der Waals surface area contributed by atoms with Gasteiger partial charge in [-0.3, -0.25) is 9.58 Å². The van der Waals surface area contributed by atoms with Gasteiger partial charge in [0.05, 0.1) is 23.7 Å². The fraction of sp³-hybridized carbons (Fsp3) is 0.565. The number of hydrogen-bond donors (Lipinski definition) is 3. The lowest BCUT2D eigenvalue weighted by atomic mass is 9.92. The van der Waals surface area contributed by atoms with Crippen LogP contribution >= 0.6 is 0 Å². The first-order valence-electron chi connectivity index (χ1n) is 11.8. The molecule has 2 aliphatic rings. The van der Waals surface area contributed by atoms with Crippen LogP contribution < -0.4 is 19.7 Å². The van der Waals surface area contributed by atoms with Crippen molar-refractivity contribution in [3.8, 4) is 16.9 Å². The van der Waals surface area contributed by atoms with Crippen LogP contribution in [0, 0.1) is 0 Å². The van der Waals surface area contributed by atoms with Gasteiger partial charge in [-0.15, -0.1) is 0 Å². The van der Waals surface area contributed by atoms with Crippen LogP contribution in [-0.2, 0) is 16.4 Å². The fourth-order valence-corrected chi connectivity index (χ4v) is 5.29. The summed E-state index contributed by atoms with van der Waals surface area (Å²) in [6.07, 6.45) is 6.21. The Labute approximate surface area is 200 Å². The quantitative estimate of drug-likeness (QED) is 0.485. The minimum absolute atomic E-state index is 0.000314. The van der Waals surface area contributed by atoms with E-state index in [1.807, 2.05) is 36.1 Å². The molecular formula is C23H33N5O5S. The number of aromatic nitrogens is 2. The molecule has 1 saturated heterocycles. The minimum Gasteiger partial charge on any atom is -0.491 e. The highest BCUT2D eigenvalue weighted by molar-refractivity contribution is 7.89. The molecule has 1 atom stereocenters. The van der Waals surface area contributed by atoms with E-state index in [0.29, 0.717) is 30.3 Å². The zero-order valence-electron chi connectivity index (χ0n) is 19.7. The monoisotopic (exact) mass is 491 g/mol. The summed E-state index contributed by atoms with van der Waals surface area (Å²) in [6, 6.07) is 3.91. The maximum atomic E-state index is 12.0. The number of rotatable bonds is 8. The molecule has 2 aromatic rings. The molecule has 0 radical (unpaired) electrons. The van der Waals surface area contributed by atoms with Gasteiger partial charge in [-0.1, -0.05) is 0 Å². The Bertz CT molecular complexity index is 1130. The van der Waals surface area contributed by atoms with Crippen molar-refractivity contribution in [3.63, 3.8) is 0 Å². The Balaban J connectivity index is 1.67. The zero-order valence-corrected chi connectivity index (χ0v) is 20.5. The van der Waals surface area contributed by atoms with E-state index in [4.69, 9.17) is 4.74 Å². The number of benzene rings is 1. The van der Waals surface area contributed by atoms with E-state index in [0.717, 1.165) is 42.6 Å². The Morgan fingerprint density at radius 1 is 1.29 bits per heavy atom. The first-order chi connectivity index (χ1) is 16.3. The van der Waals surface area contributed by atoms with E-state index in [1.165, 1.54) is 4.90 Å². The molecule has 3 heterocycles. The van der Waals surface area contributed by atoms with Gasteiger partial charge >= 0.3 is 6.09 Å². The molecule has 34 heavy (non-hydrogen) atoms. The van der Waals surface area contributed by atoms with E-state index in [-0.39, 0.29) is 24.9 Å². The molecule has 0 unspecified atom stereocenters. The summed E-state index contributed by atoms with van der Waals surface area (Å²) in [6.45, 7) is 5.67. The van der Waals surface area contributed by atoms with Crippen molar-refractivity contribution in [2.24, 2.45) is 0 Å². The topological polar surface area (TPSA) is 126 Å². The molecule has 0 bridgehead atoms. The highest BCUT2D eigenvalue weighted by Gasteiger charge is 2.31.